The summed E-state index contributed by atoms with van der Waals surface area (Å²) >= 11 is 1.44. The molecule has 0 aliphatic carbocycles. The first-order valence-electron chi connectivity index (χ1n) is 10.7. The lowest BCUT2D eigenvalue weighted by Crippen LogP contribution is -2.68. The molecule has 0 spiro atoms. The summed E-state index contributed by atoms with van der Waals surface area (Å²) in [7, 11) is 0. The lowest BCUT2D eigenvalue weighted by molar-refractivity contribution is -0.156. The van der Waals surface area contributed by atoms with Crippen molar-refractivity contribution in [3.8, 4) is 0 Å². The first-order chi connectivity index (χ1) is 15.8. The molecule has 4 heterocycles. The first-order valence-corrected chi connectivity index (χ1v) is 11.7. The maximum atomic E-state index is 13.1. The van der Waals surface area contributed by atoms with Crippen LogP contribution in [0.25, 0.3) is 0 Å². The highest BCUT2D eigenvalue weighted by Crippen LogP contribution is 2.32. The molecule has 2 amide bonds. The van der Waals surface area contributed by atoms with Crippen molar-refractivity contribution in [2.45, 2.75) is 31.0 Å². The Morgan fingerprint density at radius 1 is 1.12 bits per heavy atom. The van der Waals surface area contributed by atoms with Gasteiger partial charge in [-0.15, -0.1) is 11.8 Å². The molecule has 182 valence electrons. The van der Waals surface area contributed by atoms with Gasteiger partial charge in [0, 0.05) is 51.1 Å². The minimum Gasteiger partial charge on any atom is -0.358 e. The van der Waals surface area contributed by atoms with Crippen molar-refractivity contribution in [2.24, 2.45) is 10.9 Å². The number of fused-ring (bicyclic) bond motifs is 1. The molecule has 0 radical (unpaired) electrons. The number of rotatable bonds is 6. The fraction of sp³-hybridized carbons (Fsp3) is 0.632. The highest BCUT2D eigenvalue weighted by Gasteiger charge is 2.45. The number of halogens is 3. The molecule has 6 N–H and O–H groups in total. The summed E-state index contributed by atoms with van der Waals surface area (Å²) in [4.78, 5) is 31.1. The molecule has 0 saturated carbocycles. The van der Waals surface area contributed by atoms with Crippen molar-refractivity contribution in [1.82, 2.24) is 36.8 Å². The van der Waals surface area contributed by atoms with Crippen LogP contribution in [0.4, 0.5) is 13.2 Å². The van der Waals surface area contributed by atoms with E-state index in [1.54, 1.807) is 0 Å². The van der Waals surface area contributed by atoms with Crippen LogP contribution < -0.4 is 31.9 Å². The van der Waals surface area contributed by atoms with Crippen molar-refractivity contribution >= 4 is 29.3 Å². The van der Waals surface area contributed by atoms with Crippen LogP contribution in [-0.2, 0) is 9.59 Å². The number of carbonyl (C=O) groups is 2. The number of thioether (sulfide) groups is 1. The Bertz CT molecular complexity index is 849. The Kier molecular flexibility index (Phi) is 7.58. The molecule has 4 aliphatic heterocycles. The molecule has 4 rings (SSSR count). The maximum Gasteiger partial charge on any atom is 0.397 e. The van der Waals surface area contributed by atoms with Crippen LogP contribution in [0.5, 0.6) is 0 Å². The molecule has 4 unspecified atom stereocenters. The van der Waals surface area contributed by atoms with E-state index in [-0.39, 0.29) is 43.8 Å². The smallest absolute Gasteiger partial charge is 0.358 e. The number of nitrogens with one attached hydrogen (secondary N) is 6. The Labute approximate surface area is 193 Å². The molecule has 2 fully saturated rings. The third-order valence-corrected chi connectivity index (χ3v) is 6.80. The average molecular weight is 489 g/mol. The molecular weight excluding hydrogens is 461 g/mol. The van der Waals surface area contributed by atoms with Gasteiger partial charge in [0.05, 0.1) is 23.3 Å². The van der Waals surface area contributed by atoms with Gasteiger partial charge in [-0.1, -0.05) is 6.08 Å². The second-order valence-corrected chi connectivity index (χ2v) is 9.08. The van der Waals surface area contributed by atoms with Gasteiger partial charge >= 0.3 is 6.18 Å². The van der Waals surface area contributed by atoms with E-state index < -0.39 is 23.7 Å². The SMILES string of the molecule is O=C(NCCNC(=O)C1=NC=CCC1C(F)(F)F)C1=CN(C2NCNC3NCNC32)CCS1. The minimum atomic E-state index is -4.54. The highest BCUT2D eigenvalue weighted by molar-refractivity contribution is 8.04. The monoisotopic (exact) mass is 488 g/mol. The predicted octanol–water partition coefficient (Wildman–Crippen LogP) is -1.03. The highest BCUT2D eigenvalue weighted by atomic mass is 32.2. The van der Waals surface area contributed by atoms with Crippen LogP contribution in [0.1, 0.15) is 6.42 Å². The van der Waals surface area contributed by atoms with Crippen LogP contribution in [0.3, 0.4) is 0 Å². The standard InChI is InChI=1S/C19H27F3N8O2S/c20-19(21,22)11-2-1-3-23-13(11)18(32)25-5-4-24-17(31)12-8-30(6-7-33-12)16-14-15(27-9-26-14)28-10-29-16/h1,3,8,11,14-16,26-29H,2,4-7,9-10H2,(H,24,31)(H,25,32). The summed E-state index contributed by atoms with van der Waals surface area (Å²) in [6.07, 6.45) is -0.352. The number of alkyl halides is 3. The third kappa shape index (κ3) is 5.69. The van der Waals surface area contributed by atoms with Gasteiger partial charge in [-0.2, -0.15) is 13.2 Å². The molecule has 4 aliphatic rings. The van der Waals surface area contributed by atoms with Crippen LogP contribution in [0.2, 0.25) is 0 Å². The summed E-state index contributed by atoms with van der Waals surface area (Å²) in [5.41, 5.74) is -0.555. The van der Waals surface area contributed by atoms with Gasteiger partial charge in [-0.25, -0.2) is 0 Å². The zero-order valence-corrected chi connectivity index (χ0v) is 18.6. The zero-order chi connectivity index (χ0) is 23.4. The number of carbonyl (C=O) groups excluding carboxylic acids is 2. The fourth-order valence-electron chi connectivity index (χ4n) is 4.17. The van der Waals surface area contributed by atoms with Crippen LogP contribution in [0.15, 0.2) is 28.4 Å². The van der Waals surface area contributed by atoms with Crippen molar-refractivity contribution in [3.05, 3.63) is 23.4 Å². The van der Waals surface area contributed by atoms with E-state index in [9.17, 15) is 22.8 Å². The predicted molar refractivity (Wildman–Crippen MR) is 118 cm³/mol. The van der Waals surface area contributed by atoms with Crippen molar-refractivity contribution in [2.75, 3.05) is 38.7 Å². The quantitative estimate of drug-likeness (QED) is 0.263. The fourth-order valence-corrected chi connectivity index (χ4v) is 5.11. The molecule has 4 atom stereocenters. The zero-order valence-electron chi connectivity index (χ0n) is 17.7. The largest absolute Gasteiger partial charge is 0.397 e. The van der Waals surface area contributed by atoms with Gasteiger partial charge in [-0.3, -0.25) is 35.8 Å². The Balaban J connectivity index is 1.26. The van der Waals surface area contributed by atoms with Crippen molar-refractivity contribution in [1.29, 1.82) is 0 Å². The lowest BCUT2D eigenvalue weighted by Gasteiger charge is -2.42. The normalized spacial score (nSPS) is 29.7. The van der Waals surface area contributed by atoms with Crippen molar-refractivity contribution in [3.63, 3.8) is 0 Å². The number of hydrogen-bond acceptors (Lipinski definition) is 9. The maximum absolute atomic E-state index is 13.1. The molecular formula is C19H27F3N8O2S. The van der Waals surface area contributed by atoms with E-state index in [1.807, 2.05) is 6.20 Å². The molecule has 14 heteroatoms. The van der Waals surface area contributed by atoms with E-state index in [4.69, 9.17) is 0 Å². The number of nitrogens with zero attached hydrogens (tertiary/aromatic N) is 2. The van der Waals surface area contributed by atoms with Crippen LogP contribution >= 0.6 is 11.8 Å². The summed E-state index contributed by atoms with van der Waals surface area (Å²) in [6, 6.07) is 0.149. The molecule has 2 saturated heterocycles. The molecule has 33 heavy (non-hydrogen) atoms. The summed E-state index contributed by atoms with van der Waals surface area (Å²) in [5, 5.41) is 18.6. The molecule has 0 aromatic heterocycles. The van der Waals surface area contributed by atoms with Gasteiger partial charge in [-0.05, 0) is 6.42 Å². The number of amides is 2. The molecule has 0 aromatic rings. The lowest BCUT2D eigenvalue weighted by atomic mass is 9.96. The molecule has 0 aromatic carbocycles. The van der Waals surface area contributed by atoms with E-state index >= 15 is 0 Å². The number of hydrogen-bond donors (Lipinski definition) is 6. The number of aliphatic imine (C=N–C) groups is 1. The number of allylic oxidation sites excluding steroid dienone is 1. The third-order valence-electron chi connectivity index (χ3n) is 5.81. The van der Waals surface area contributed by atoms with Crippen LogP contribution in [0, 0.1) is 5.92 Å². The Morgan fingerprint density at radius 3 is 2.61 bits per heavy atom. The van der Waals surface area contributed by atoms with Gasteiger partial charge in [0.25, 0.3) is 11.8 Å². The molecule has 0 bridgehead atoms. The Morgan fingerprint density at radius 2 is 1.85 bits per heavy atom. The van der Waals surface area contributed by atoms with Gasteiger partial charge < -0.3 is 15.5 Å². The van der Waals surface area contributed by atoms with E-state index in [0.717, 1.165) is 12.3 Å². The van der Waals surface area contributed by atoms with Gasteiger partial charge in [0.15, 0.2) is 0 Å². The van der Waals surface area contributed by atoms with Crippen molar-refractivity contribution < 1.29 is 22.8 Å². The molecule has 10 nitrogen and oxygen atoms in total. The second kappa shape index (κ2) is 10.4. The summed E-state index contributed by atoms with van der Waals surface area (Å²) in [6.45, 7) is 2.23. The first kappa shape index (κ1) is 24.0. The second-order valence-electron chi connectivity index (χ2n) is 7.94. The van der Waals surface area contributed by atoms with Crippen LogP contribution in [-0.4, -0.2) is 85.7 Å². The van der Waals surface area contributed by atoms with E-state index in [2.05, 4.69) is 41.8 Å². The average Bonchev–Trinajstić information content (AvgIpc) is 3.30. The van der Waals surface area contributed by atoms with E-state index in [0.29, 0.717) is 18.2 Å². The summed E-state index contributed by atoms with van der Waals surface area (Å²) in [5.74, 6) is -2.33. The van der Waals surface area contributed by atoms with E-state index in [1.165, 1.54) is 24.0 Å². The minimum absolute atomic E-state index is 0.00522. The van der Waals surface area contributed by atoms with Gasteiger partial charge in [0.2, 0.25) is 0 Å². The topological polar surface area (TPSA) is 122 Å². The van der Waals surface area contributed by atoms with Gasteiger partial charge in [0.1, 0.15) is 11.6 Å². The summed E-state index contributed by atoms with van der Waals surface area (Å²) < 4.78 is 39.3. The Hall–Kier alpha value is -2.13.